The van der Waals surface area contributed by atoms with E-state index < -0.39 is 0 Å². The summed E-state index contributed by atoms with van der Waals surface area (Å²) in [5, 5.41) is 5.73. The Morgan fingerprint density at radius 2 is 1.95 bits per heavy atom. The number of carbonyl (C=O) groups excluding carboxylic acids is 1. The van der Waals surface area contributed by atoms with E-state index in [0.29, 0.717) is 6.54 Å². The molecule has 0 saturated heterocycles. The SMILES string of the molecule is C[NH+](C)C(CNC(=O)Nc1ccccc1)c1cccnc1. The molecule has 0 aliphatic heterocycles. The van der Waals surface area contributed by atoms with Crippen LogP contribution in [0.1, 0.15) is 11.6 Å². The van der Waals surface area contributed by atoms with Crippen molar-refractivity contribution in [1.29, 1.82) is 0 Å². The summed E-state index contributed by atoms with van der Waals surface area (Å²) in [6, 6.07) is 13.3. The molecule has 0 radical (unpaired) electrons. The molecule has 1 heterocycles. The number of quaternary nitrogens is 1. The Kier molecular flexibility index (Phi) is 5.29. The van der Waals surface area contributed by atoms with Gasteiger partial charge in [0.2, 0.25) is 0 Å². The molecule has 1 aromatic carbocycles. The quantitative estimate of drug-likeness (QED) is 0.770. The van der Waals surface area contributed by atoms with Gasteiger partial charge >= 0.3 is 6.03 Å². The minimum absolute atomic E-state index is 0.167. The molecule has 1 atom stereocenters. The number of nitrogens with one attached hydrogen (secondary N) is 3. The zero-order valence-corrected chi connectivity index (χ0v) is 12.3. The van der Waals surface area contributed by atoms with Gasteiger partial charge in [0.15, 0.2) is 0 Å². The molecule has 0 fully saturated rings. The lowest BCUT2D eigenvalue weighted by Crippen LogP contribution is -3.07. The van der Waals surface area contributed by atoms with E-state index >= 15 is 0 Å². The molecule has 110 valence electrons. The molecule has 2 rings (SSSR count). The standard InChI is InChI=1S/C16H20N4O/c1-20(2)15(13-7-6-10-17-11-13)12-18-16(21)19-14-8-4-3-5-9-14/h3-11,15H,12H2,1-2H3,(H2,18,19,21)/p+1. The maximum atomic E-state index is 11.9. The van der Waals surface area contributed by atoms with Crippen LogP contribution >= 0.6 is 0 Å². The Bertz CT molecular complexity index is 557. The number of amides is 2. The van der Waals surface area contributed by atoms with Crippen molar-refractivity contribution >= 4 is 11.7 Å². The smallest absolute Gasteiger partial charge is 0.319 e. The monoisotopic (exact) mass is 285 g/mol. The third-order valence-corrected chi connectivity index (χ3v) is 3.28. The van der Waals surface area contributed by atoms with Gasteiger partial charge in [-0.1, -0.05) is 18.2 Å². The van der Waals surface area contributed by atoms with Gasteiger partial charge in [0.25, 0.3) is 0 Å². The first-order chi connectivity index (χ1) is 10.2. The Morgan fingerprint density at radius 1 is 1.19 bits per heavy atom. The number of rotatable bonds is 5. The number of urea groups is 1. The Hall–Kier alpha value is -2.40. The second-order valence-electron chi connectivity index (χ2n) is 5.12. The fraction of sp³-hybridized carbons (Fsp3) is 0.250. The fourth-order valence-electron chi connectivity index (χ4n) is 2.13. The predicted molar refractivity (Wildman–Crippen MR) is 83.3 cm³/mol. The van der Waals surface area contributed by atoms with Crippen molar-refractivity contribution in [1.82, 2.24) is 10.3 Å². The summed E-state index contributed by atoms with van der Waals surface area (Å²) in [5.41, 5.74) is 1.89. The Morgan fingerprint density at radius 3 is 2.57 bits per heavy atom. The van der Waals surface area contributed by atoms with Crippen molar-refractivity contribution in [2.24, 2.45) is 0 Å². The summed E-state index contributed by atoms with van der Waals surface area (Å²) >= 11 is 0. The summed E-state index contributed by atoms with van der Waals surface area (Å²) < 4.78 is 0. The average Bonchev–Trinajstić information content (AvgIpc) is 2.49. The van der Waals surface area contributed by atoms with Crippen LogP contribution in [-0.2, 0) is 0 Å². The number of carbonyl (C=O) groups is 1. The van der Waals surface area contributed by atoms with Crippen LogP contribution in [-0.4, -0.2) is 31.7 Å². The first kappa shape index (κ1) is 15.0. The van der Waals surface area contributed by atoms with Crippen LogP contribution in [0.2, 0.25) is 0 Å². The van der Waals surface area contributed by atoms with Gasteiger partial charge < -0.3 is 15.5 Å². The van der Waals surface area contributed by atoms with Crippen molar-refractivity contribution < 1.29 is 9.69 Å². The van der Waals surface area contributed by atoms with Crippen LogP contribution in [0.25, 0.3) is 0 Å². The van der Waals surface area contributed by atoms with Crippen LogP contribution in [0.15, 0.2) is 54.9 Å². The molecule has 21 heavy (non-hydrogen) atoms. The minimum Gasteiger partial charge on any atom is -0.332 e. The Balaban J connectivity index is 1.92. The predicted octanol–water partition coefficient (Wildman–Crippen LogP) is 1.09. The van der Waals surface area contributed by atoms with E-state index in [9.17, 15) is 4.79 Å². The van der Waals surface area contributed by atoms with Gasteiger partial charge in [-0.15, -0.1) is 0 Å². The maximum absolute atomic E-state index is 11.9. The maximum Gasteiger partial charge on any atom is 0.319 e. The molecule has 1 aromatic heterocycles. The molecule has 0 saturated carbocycles. The number of para-hydroxylation sites is 1. The van der Waals surface area contributed by atoms with Crippen LogP contribution < -0.4 is 15.5 Å². The van der Waals surface area contributed by atoms with Gasteiger partial charge in [-0.05, 0) is 24.3 Å². The van der Waals surface area contributed by atoms with Crippen molar-refractivity contribution in [2.45, 2.75) is 6.04 Å². The highest BCUT2D eigenvalue weighted by molar-refractivity contribution is 5.89. The number of pyridine rings is 1. The van der Waals surface area contributed by atoms with Crippen LogP contribution in [0.4, 0.5) is 10.5 Å². The number of hydrogen-bond donors (Lipinski definition) is 3. The normalized spacial score (nSPS) is 12.0. The number of likely N-dealkylation sites (N-methyl/N-ethyl adjacent to an activating group) is 1. The molecule has 0 aliphatic carbocycles. The minimum atomic E-state index is -0.198. The third-order valence-electron chi connectivity index (χ3n) is 3.28. The molecule has 0 aliphatic rings. The van der Waals surface area contributed by atoms with E-state index in [0.717, 1.165) is 11.3 Å². The van der Waals surface area contributed by atoms with Gasteiger partial charge in [0, 0.05) is 23.6 Å². The summed E-state index contributed by atoms with van der Waals surface area (Å²) in [6.45, 7) is 0.548. The number of aromatic nitrogens is 1. The first-order valence-electron chi connectivity index (χ1n) is 6.96. The first-order valence-corrected chi connectivity index (χ1v) is 6.96. The molecule has 0 spiro atoms. The highest BCUT2D eigenvalue weighted by atomic mass is 16.2. The molecular formula is C16H21N4O+. The van der Waals surface area contributed by atoms with Gasteiger partial charge in [0.05, 0.1) is 20.6 Å². The molecule has 0 bridgehead atoms. The summed E-state index contributed by atoms with van der Waals surface area (Å²) in [7, 11) is 4.13. The van der Waals surface area contributed by atoms with Crippen molar-refractivity contribution in [3.05, 3.63) is 60.4 Å². The molecule has 2 aromatic rings. The van der Waals surface area contributed by atoms with Gasteiger partial charge in [0.1, 0.15) is 6.04 Å². The van der Waals surface area contributed by atoms with Crippen molar-refractivity contribution in [3.63, 3.8) is 0 Å². The number of nitrogens with zero attached hydrogens (tertiary/aromatic N) is 1. The topological polar surface area (TPSA) is 58.5 Å². The zero-order valence-electron chi connectivity index (χ0n) is 12.3. The van der Waals surface area contributed by atoms with E-state index in [4.69, 9.17) is 0 Å². The lowest BCUT2D eigenvalue weighted by Gasteiger charge is -2.22. The van der Waals surface area contributed by atoms with Crippen LogP contribution in [0, 0.1) is 0 Å². The number of anilines is 1. The third kappa shape index (κ3) is 4.57. The highest BCUT2D eigenvalue weighted by Gasteiger charge is 2.18. The largest absolute Gasteiger partial charge is 0.332 e. The second kappa shape index (κ2) is 7.40. The van der Waals surface area contributed by atoms with Gasteiger partial charge in [-0.25, -0.2) is 4.79 Å². The Labute approximate surface area is 125 Å². The average molecular weight is 285 g/mol. The fourth-order valence-corrected chi connectivity index (χ4v) is 2.13. The summed E-state index contributed by atoms with van der Waals surface area (Å²) in [4.78, 5) is 17.3. The molecule has 1 unspecified atom stereocenters. The lowest BCUT2D eigenvalue weighted by molar-refractivity contribution is -0.890. The molecule has 5 nitrogen and oxygen atoms in total. The van der Waals surface area contributed by atoms with E-state index in [1.54, 1.807) is 6.20 Å². The van der Waals surface area contributed by atoms with E-state index in [-0.39, 0.29) is 12.1 Å². The molecular weight excluding hydrogens is 264 g/mol. The molecule has 2 amide bonds. The number of benzene rings is 1. The molecule has 5 heteroatoms. The van der Waals surface area contributed by atoms with E-state index in [1.165, 1.54) is 4.90 Å². The van der Waals surface area contributed by atoms with E-state index in [1.807, 2.05) is 48.7 Å². The summed E-state index contributed by atoms with van der Waals surface area (Å²) in [6.07, 6.45) is 3.59. The lowest BCUT2D eigenvalue weighted by atomic mass is 10.1. The van der Waals surface area contributed by atoms with Gasteiger partial charge in [-0.3, -0.25) is 4.98 Å². The van der Waals surface area contributed by atoms with Crippen molar-refractivity contribution in [2.75, 3.05) is 26.0 Å². The number of hydrogen-bond acceptors (Lipinski definition) is 2. The molecule has 3 N–H and O–H groups in total. The zero-order chi connectivity index (χ0) is 15.1. The van der Waals surface area contributed by atoms with Gasteiger partial charge in [-0.2, -0.15) is 0 Å². The van der Waals surface area contributed by atoms with Crippen LogP contribution in [0.3, 0.4) is 0 Å². The second-order valence-corrected chi connectivity index (χ2v) is 5.12. The van der Waals surface area contributed by atoms with Crippen molar-refractivity contribution in [3.8, 4) is 0 Å². The summed E-state index contributed by atoms with van der Waals surface area (Å²) in [5.74, 6) is 0. The van der Waals surface area contributed by atoms with E-state index in [2.05, 4.69) is 29.7 Å². The highest BCUT2D eigenvalue weighted by Crippen LogP contribution is 2.07. The van der Waals surface area contributed by atoms with Crippen LogP contribution in [0.5, 0.6) is 0 Å².